The molecule has 1 rings (SSSR count). The van der Waals surface area contributed by atoms with Crippen molar-refractivity contribution < 1.29 is 4.79 Å². The molecule has 1 aromatic carbocycles. The topological polar surface area (TPSA) is 78.9 Å². The summed E-state index contributed by atoms with van der Waals surface area (Å²) in [4.78, 5) is 11.9. The zero-order valence-electron chi connectivity index (χ0n) is 9.78. The molecule has 0 spiro atoms. The van der Waals surface area contributed by atoms with Gasteiger partial charge in [-0.15, -0.1) is 0 Å². The van der Waals surface area contributed by atoms with E-state index in [4.69, 9.17) is 11.0 Å². The van der Waals surface area contributed by atoms with Gasteiger partial charge in [0.05, 0.1) is 6.07 Å². The first-order valence-corrected chi connectivity index (χ1v) is 5.72. The van der Waals surface area contributed by atoms with Crippen molar-refractivity contribution in [3.05, 3.63) is 35.4 Å². The summed E-state index contributed by atoms with van der Waals surface area (Å²) in [6, 6.07) is 9.49. The molecule has 0 radical (unpaired) electrons. The van der Waals surface area contributed by atoms with Crippen molar-refractivity contribution in [1.29, 1.82) is 5.26 Å². The van der Waals surface area contributed by atoms with Crippen molar-refractivity contribution in [1.82, 2.24) is 5.32 Å². The molecule has 0 heterocycles. The number of benzene rings is 1. The average molecular weight is 231 g/mol. The second kappa shape index (κ2) is 7.42. The lowest BCUT2D eigenvalue weighted by molar-refractivity contribution is 0.0952. The van der Waals surface area contributed by atoms with Gasteiger partial charge in [0.25, 0.3) is 5.91 Å². The molecule has 0 bridgehead atoms. The third-order valence-corrected chi connectivity index (χ3v) is 2.43. The molecule has 0 aromatic heterocycles. The molecule has 0 aliphatic rings. The van der Waals surface area contributed by atoms with Gasteiger partial charge >= 0.3 is 0 Å². The predicted molar refractivity (Wildman–Crippen MR) is 66.4 cm³/mol. The highest BCUT2D eigenvalue weighted by molar-refractivity contribution is 5.95. The molecule has 0 saturated carbocycles. The molecule has 0 aliphatic carbocycles. The van der Waals surface area contributed by atoms with E-state index in [1.54, 1.807) is 6.07 Å². The van der Waals surface area contributed by atoms with E-state index in [0.29, 0.717) is 37.9 Å². The number of carbonyl (C=O) groups excluding carboxylic acids is 1. The first-order valence-electron chi connectivity index (χ1n) is 5.72. The Bertz CT molecular complexity index is 409. The highest BCUT2D eigenvalue weighted by Gasteiger charge is 2.09. The molecule has 0 aliphatic heterocycles. The number of nitriles is 1. The van der Waals surface area contributed by atoms with Crippen molar-refractivity contribution in [2.45, 2.75) is 19.3 Å². The fraction of sp³-hybridized carbons (Fsp3) is 0.385. The van der Waals surface area contributed by atoms with Crippen LogP contribution < -0.4 is 11.1 Å². The van der Waals surface area contributed by atoms with Crippen LogP contribution in [0.3, 0.4) is 0 Å². The fourth-order valence-electron chi connectivity index (χ4n) is 1.58. The Morgan fingerprint density at radius 2 is 2.18 bits per heavy atom. The standard InChI is InChI=1S/C13H17N3O/c14-8-3-4-10-16-13(17)12-6-2-1-5-11(12)7-9-15/h1-2,5-6H,3-4,7,9-10,15H2,(H,16,17). The van der Waals surface area contributed by atoms with Gasteiger partial charge in [0.1, 0.15) is 0 Å². The third kappa shape index (κ3) is 4.25. The van der Waals surface area contributed by atoms with Gasteiger partial charge in [-0.25, -0.2) is 0 Å². The summed E-state index contributed by atoms with van der Waals surface area (Å²) in [7, 11) is 0. The molecule has 1 amide bonds. The number of nitrogens with one attached hydrogen (secondary N) is 1. The molecule has 0 unspecified atom stereocenters. The van der Waals surface area contributed by atoms with Gasteiger partial charge in [0.2, 0.25) is 0 Å². The van der Waals surface area contributed by atoms with Gasteiger partial charge in [-0.05, 0) is 31.0 Å². The van der Waals surface area contributed by atoms with Gasteiger partial charge in [0, 0.05) is 18.5 Å². The number of hydrogen-bond donors (Lipinski definition) is 2. The van der Waals surface area contributed by atoms with E-state index in [1.165, 1.54) is 0 Å². The number of carbonyl (C=O) groups is 1. The predicted octanol–water partition coefficient (Wildman–Crippen LogP) is 1.22. The van der Waals surface area contributed by atoms with Crippen LogP contribution in [0.1, 0.15) is 28.8 Å². The molecule has 4 nitrogen and oxygen atoms in total. The Morgan fingerprint density at radius 1 is 1.41 bits per heavy atom. The van der Waals surface area contributed by atoms with E-state index in [0.717, 1.165) is 5.56 Å². The minimum atomic E-state index is -0.0908. The largest absolute Gasteiger partial charge is 0.352 e. The Labute approximate surface area is 101 Å². The van der Waals surface area contributed by atoms with Crippen LogP contribution in [0, 0.1) is 11.3 Å². The number of rotatable bonds is 6. The van der Waals surface area contributed by atoms with Crippen LogP contribution >= 0.6 is 0 Å². The maximum atomic E-state index is 11.9. The summed E-state index contributed by atoms with van der Waals surface area (Å²) in [5, 5.41) is 11.2. The maximum Gasteiger partial charge on any atom is 0.251 e. The molecule has 3 N–H and O–H groups in total. The smallest absolute Gasteiger partial charge is 0.251 e. The zero-order valence-corrected chi connectivity index (χ0v) is 9.78. The Balaban J connectivity index is 2.59. The lowest BCUT2D eigenvalue weighted by atomic mass is 10.0. The molecule has 4 heteroatoms. The number of unbranched alkanes of at least 4 members (excludes halogenated alkanes) is 1. The summed E-state index contributed by atoms with van der Waals surface area (Å²) in [5.41, 5.74) is 7.14. The number of nitrogens with two attached hydrogens (primary N) is 1. The first kappa shape index (κ1) is 13.2. The monoisotopic (exact) mass is 231 g/mol. The van der Waals surface area contributed by atoms with Crippen molar-refractivity contribution in [2.75, 3.05) is 13.1 Å². The van der Waals surface area contributed by atoms with Crippen LogP contribution in [0.2, 0.25) is 0 Å². The minimum absolute atomic E-state index is 0.0908. The summed E-state index contributed by atoms with van der Waals surface area (Å²) in [6.45, 7) is 1.06. The van der Waals surface area contributed by atoms with Crippen molar-refractivity contribution in [3.8, 4) is 6.07 Å². The lowest BCUT2D eigenvalue weighted by Crippen LogP contribution is -2.25. The second-order valence-corrected chi connectivity index (χ2v) is 3.71. The van der Waals surface area contributed by atoms with Crippen LogP contribution in [0.5, 0.6) is 0 Å². The molecule has 0 fully saturated rings. The lowest BCUT2D eigenvalue weighted by Gasteiger charge is -2.08. The quantitative estimate of drug-likeness (QED) is 0.722. The third-order valence-electron chi connectivity index (χ3n) is 2.43. The highest BCUT2D eigenvalue weighted by atomic mass is 16.1. The zero-order chi connectivity index (χ0) is 12.5. The fourth-order valence-corrected chi connectivity index (χ4v) is 1.58. The summed E-state index contributed by atoms with van der Waals surface area (Å²) in [6.07, 6.45) is 1.84. The molecule has 17 heavy (non-hydrogen) atoms. The number of nitrogens with zero attached hydrogens (tertiary/aromatic N) is 1. The molecular formula is C13H17N3O. The minimum Gasteiger partial charge on any atom is -0.352 e. The normalized spacial score (nSPS) is 9.65. The average Bonchev–Trinajstić information content (AvgIpc) is 2.35. The van der Waals surface area contributed by atoms with E-state index in [2.05, 4.69) is 5.32 Å². The Hall–Kier alpha value is -1.86. The van der Waals surface area contributed by atoms with E-state index in [1.807, 2.05) is 24.3 Å². The first-order chi connectivity index (χ1) is 8.29. The van der Waals surface area contributed by atoms with Gasteiger partial charge in [0.15, 0.2) is 0 Å². The van der Waals surface area contributed by atoms with Gasteiger partial charge < -0.3 is 11.1 Å². The van der Waals surface area contributed by atoms with Crippen molar-refractivity contribution in [2.24, 2.45) is 5.73 Å². The number of hydrogen-bond acceptors (Lipinski definition) is 3. The molecular weight excluding hydrogens is 214 g/mol. The summed E-state index contributed by atoms with van der Waals surface area (Å²) in [5.74, 6) is -0.0908. The second-order valence-electron chi connectivity index (χ2n) is 3.71. The van der Waals surface area contributed by atoms with Crippen molar-refractivity contribution >= 4 is 5.91 Å². The van der Waals surface area contributed by atoms with E-state index in [9.17, 15) is 4.79 Å². The van der Waals surface area contributed by atoms with Crippen LogP contribution in [0.25, 0.3) is 0 Å². The summed E-state index contributed by atoms with van der Waals surface area (Å²) >= 11 is 0. The summed E-state index contributed by atoms with van der Waals surface area (Å²) < 4.78 is 0. The van der Waals surface area contributed by atoms with E-state index < -0.39 is 0 Å². The van der Waals surface area contributed by atoms with Crippen LogP contribution in [0.15, 0.2) is 24.3 Å². The van der Waals surface area contributed by atoms with Gasteiger partial charge in [-0.2, -0.15) is 5.26 Å². The van der Waals surface area contributed by atoms with Crippen LogP contribution in [-0.2, 0) is 6.42 Å². The Morgan fingerprint density at radius 3 is 2.88 bits per heavy atom. The van der Waals surface area contributed by atoms with Crippen LogP contribution in [0.4, 0.5) is 0 Å². The highest BCUT2D eigenvalue weighted by Crippen LogP contribution is 2.08. The Kier molecular flexibility index (Phi) is 5.76. The molecule has 1 aromatic rings. The van der Waals surface area contributed by atoms with E-state index in [-0.39, 0.29) is 5.91 Å². The van der Waals surface area contributed by atoms with E-state index >= 15 is 0 Å². The molecule has 0 atom stereocenters. The molecule has 0 saturated heterocycles. The maximum absolute atomic E-state index is 11.9. The van der Waals surface area contributed by atoms with Crippen molar-refractivity contribution in [3.63, 3.8) is 0 Å². The van der Waals surface area contributed by atoms with Gasteiger partial charge in [-0.3, -0.25) is 4.79 Å². The van der Waals surface area contributed by atoms with Gasteiger partial charge in [-0.1, -0.05) is 18.2 Å². The SMILES string of the molecule is N#CCCCNC(=O)c1ccccc1CCN. The molecule has 90 valence electrons. The van der Waals surface area contributed by atoms with Crippen LogP contribution in [-0.4, -0.2) is 19.0 Å². The number of amides is 1.